The van der Waals surface area contributed by atoms with Crippen molar-refractivity contribution in [1.29, 1.82) is 0 Å². The van der Waals surface area contributed by atoms with E-state index in [1.54, 1.807) is 0 Å². The molecule has 0 aliphatic carbocycles. The molecular weight excluding hydrogens is 226 g/mol. The molecule has 1 saturated heterocycles. The number of rotatable bonds is 4. The highest BCUT2D eigenvalue weighted by Gasteiger charge is 2.10. The predicted molar refractivity (Wildman–Crippen MR) is 71.5 cm³/mol. The van der Waals surface area contributed by atoms with Gasteiger partial charge in [-0.25, -0.2) is 4.98 Å². The normalized spacial score (nSPS) is 16.2. The summed E-state index contributed by atoms with van der Waals surface area (Å²) in [6.45, 7) is 4.37. The van der Waals surface area contributed by atoms with Crippen LogP contribution in [0.4, 0.5) is 5.95 Å². The molecule has 1 fully saturated rings. The molecule has 1 N–H and O–H groups in total. The molecule has 5 heteroatoms. The molecule has 3 rings (SSSR count). The number of likely N-dealkylation sites (tertiary alicyclic amines) is 1. The van der Waals surface area contributed by atoms with Crippen molar-refractivity contribution in [2.45, 2.75) is 12.8 Å². The average Bonchev–Trinajstić information content (AvgIpc) is 2.92. The molecule has 1 aliphatic rings. The lowest BCUT2D eigenvalue weighted by atomic mass is 10.3. The molecule has 18 heavy (non-hydrogen) atoms. The second-order valence-electron chi connectivity index (χ2n) is 4.60. The third kappa shape index (κ3) is 2.56. The lowest BCUT2D eigenvalue weighted by Gasteiger charge is -2.14. The second kappa shape index (κ2) is 5.27. The zero-order chi connectivity index (χ0) is 12.2. The maximum absolute atomic E-state index is 4.44. The van der Waals surface area contributed by atoms with E-state index in [9.17, 15) is 0 Å². The summed E-state index contributed by atoms with van der Waals surface area (Å²) in [6.07, 6.45) is 2.65. The first-order chi connectivity index (χ1) is 8.92. The van der Waals surface area contributed by atoms with Gasteiger partial charge in [-0.1, -0.05) is 12.1 Å². The minimum Gasteiger partial charge on any atom is -0.352 e. The summed E-state index contributed by atoms with van der Waals surface area (Å²) in [5.41, 5.74) is 1.72. The minimum atomic E-state index is 0.618. The van der Waals surface area contributed by atoms with Crippen LogP contribution in [-0.4, -0.2) is 46.3 Å². The van der Waals surface area contributed by atoms with E-state index in [1.807, 2.05) is 24.3 Å². The molecule has 0 unspecified atom stereocenters. The topological polar surface area (TPSA) is 53.9 Å². The Morgan fingerprint density at radius 1 is 1.06 bits per heavy atom. The Labute approximate surface area is 106 Å². The van der Waals surface area contributed by atoms with Crippen molar-refractivity contribution in [2.24, 2.45) is 0 Å². The summed E-state index contributed by atoms with van der Waals surface area (Å²) in [5, 5.41) is 11.5. The lowest BCUT2D eigenvalue weighted by Crippen LogP contribution is -2.26. The molecule has 2 heterocycles. The Kier molecular flexibility index (Phi) is 3.32. The van der Waals surface area contributed by atoms with Gasteiger partial charge in [0.25, 0.3) is 0 Å². The van der Waals surface area contributed by atoms with Crippen LogP contribution in [0.15, 0.2) is 24.3 Å². The maximum atomic E-state index is 4.44. The van der Waals surface area contributed by atoms with Gasteiger partial charge in [-0.15, -0.1) is 10.2 Å². The fraction of sp³-hybridized carbons (Fsp3) is 0.462. The minimum absolute atomic E-state index is 0.618. The van der Waals surface area contributed by atoms with Crippen LogP contribution in [0.5, 0.6) is 0 Å². The summed E-state index contributed by atoms with van der Waals surface area (Å²) in [5.74, 6) is 0.618. The monoisotopic (exact) mass is 243 g/mol. The molecule has 1 aromatic carbocycles. The molecule has 2 aromatic rings. The molecule has 0 saturated carbocycles. The van der Waals surface area contributed by atoms with E-state index in [4.69, 9.17) is 0 Å². The first kappa shape index (κ1) is 11.3. The molecule has 0 radical (unpaired) electrons. The van der Waals surface area contributed by atoms with Crippen LogP contribution >= 0.6 is 0 Å². The summed E-state index contributed by atoms with van der Waals surface area (Å²) < 4.78 is 0. The highest BCUT2D eigenvalue weighted by molar-refractivity contribution is 5.73. The van der Waals surface area contributed by atoms with Crippen LogP contribution < -0.4 is 5.32 Å². The summed E-state index contributed by atoms with van der Waals surface area (Å²) >= 11 is 0. The van der Waals surface area contributed by atoms with Crippen molar-refractivity contribution in [2.75, 3.05) is 31.5 Å². The number of anilines is 1. The second-order valence-corrected chi connectivity index (χ2v) is 4.60. The van der Waals surface area contributed by atoms with E-state index in [-0.39, 0.29) is 0 Å². The van der Waals surface area contributed by atoms with Gasteiger partial charge in [0.2, 0.25) is 5.95 Å². The van der Waals surface area contributed by atoms with Gasteiger partial charge in [-0.2, -0.15) is 0 Å². The Hall–Kier alpha value is -1.75. The van der Waals surface area contributed by atoms with E-state index in [0.717, 1.165) is 24.1 Å². The van der Waals surface area contributed by atoms with Crippen LogP contribution in [0, 0.1) is 0 Å². The van der Waals surface area contributed by atoms with Gasteiger partial charge in [0, 0.05) is 13.1 Å². The molecule has 5 nitrogen and oxygen atoms in total. The zero-order valence-electron chi connectivity index (χ0n) is 10.3. The van der Waals surface area contributed by atoms with E-state index >= 15 is 0 Å². The fourth-order valence-corrected chi connectivity index (χ4v) is 2.29. The molecule has 0 amide bonds. The molecule has 0 bridgehead atoms. The van der Waals surface area contributed by atoms with Crippen molar-refractivity contribution >= 4 is 17.0 Å². The van der Waals surface area contributed by atoms with Crippen LogP contribution in [-0.2, 0) is 0 Å². The van der Waals surface area contributed by atoms with Gasteiger partial charge in [-0.05, 0) is 38.1 Å². The smallest absolute Gasteiger partial charge is 0.243 e. The standard InChI is InChI=1S/C13H17N5/c1-2-6-12-11(5-1)15-13(17-16-12)14-7-10-18-8-3-4-9-18/h1-2,5-6H,3-4,7-10H2,(H,14,15,17). The highest BCUT2D eigenvalue weighted by Crippen LogP contribution is 2.09. The number of hydrogen-bond acceptors (Lipinski definition) is 5. The van der Waals surface area contributed by atoms with Gasteiger partial charge >= 0.3 is 0 Å². The summed E-state index contributed by atoms with van der Waals surface area (Å²) in [7, 11) is 0. The number of aromatic nitrogens is 3. The Bertz CT molecular complexity index is 522. The van der Waals surface area contributed by atoms with Gasteiger partial charge in [0.1, 0.15) is 5.52 Å². The van der Waals surface area contributed by atoms with Gasteiger partial charge in [0.15, 0.2) is 0 Å². The Morgan fingerprint density at radius 3 is 2.67 bits per heavy atom. The predicted octanol–water partition coefficient (Wildman–Crippen LogP) is 1.53. The third-order valence-corrected chi connectivity index (χ3v) is 3.27. The van der Waals surface area contributed by atoms with Crippen molar-refractivity contribution < 1.29 is 0 Å². The largest absolute Gasteiger partial charge is 0.352 e. The van der Waals surface area contributed by atoms with Crippen molar-refractivity contribution in [3.05, 3.63) is 24.3 Å². The molecule has 0 atom stereocenters. The summed E-state index contributed by atoms with van der Waals surface area (Å²) in [6, 6.07) is 7.78. The third-order valence-electron chi connectivity index (χ3n) is 3.27. The quantitative estimate of drug-likeness (QED) is 0.882. The van der Waals surface area contributed by atoms with Gasteiger partial charge in [-0.3, -0.25) is 0 Å². The Morgan fingerprint density at radius 2 is 1.83 bits per heavy atom. The first-order valence-corrected chi connectivity index (χ1v) is 6.47. The molecule has 1 aliphatic heterocycles. The molecule has 1 aromatic heterocycles. The number of fused-ring (bicyclic) bond motifs is 1. The van der Waals surface area contributed by atoms with Crippen molar-refractivity contribution in [3.8, 4) is 0 Å². The molecule has 94 valence electrons. The zero-order valence-corrected chi connectivity index (χ0v) is 10.3. The number of para-hydroxylation sites is 1. The van der Waals surface area contributed by atoms with E-state index in [2.05, 4.69) is 25.4 Å². The maximum Gasteiger partial charge on any atom is 0.243 e. The SMILES string of the molecule is c1ccc2nc(NCCN3CCCC3)nnc2c1. The van der Waals surface area contributed by atoms with E-state index < -0.39 is 0 Å². The Balaban J connectivity index is 1.60. The first-order valence-electron chi connectivity index (χ1n) is 6.47. The number of nitrogens with one attached hydrogen (secondary N) is 1. The average molecular weight is 243 g/mol. The molecular formula is C13H17N5. The van der Waals surface area contributed by atoms with Crippen LogP contribution in [0.3, 0.4) is 0 Å². The van der Waals surface area contributed by atoms with Gasteiger partial charge < -0.3 is 10.2 Å². The van der Waals surface area contributed by atoms with Crippen LogP contribution in [0.1, 0.15) is 12.8 Å². The van der Waals surface area contributed by atoms with Crippen molar-refractivity contribution in [3.63, 3.8) is 0 Å². The van der Waals surface area contributed by atoms with E-state index in [0.29, 0.717) is 5.95 Å². The van der Waals surface area contributed by atoms with Crippen LogP contribution in [0.25, 0.3) is 11.0 Å². The number of nitrogens with zero attached hydrogens (tertiary/aromatic N) is 4. The van der Waals surface area contributed by atoms with Crippen molar-refractivity contribution in [1.82, 2.24) is 20.1 Å². The fourth-order valence-electron chi connectivity index (χ4n) is 2.29. The van der Waals surface area contributed by atoms with E-state index in [1.165, 1.54) is 25.9 Å². The lowest BCUT2D eigenvalue weighted by molar-refractivity contribution is 0.352. The molecule has 0 spiro atoms. The van der Waals surface area contributed by atoms with Crippen LogP contribution in [0.2, 0.25) is 0 Å². The number of hydrogen-bond donors (Lipinski definition) is 1. The highest BCUT2D eigenvalue weighted by atomic mass is 15.2. The summed E-state index contributed by atoms with van der Waals surface area (Å²) in [4.78, 5) is 6.90. The van der Waals surface area contributed by atoms with Gasteiger partial charge in [0.05, 0.1) is 5.52 Å². The number of benzene rings is 1.